The summed E-state index contributed by atoms with van der Waals surface area (Å²) in [6, 6.07) is 14.5. The molecule has 0 atom stereocenters. The fourth-order valence-corrected chi connectivity index (χ4v) is 1.99. The van der Waals surface area contributed by atoms with Crippen LogP contribution in [0, 0.1) is 18.3 Å². The highest BCUT2D eigenvalue weighted by Crippen LogP contribution is 2.13. The Morgan fingerprint density at radius 3 is 2.56 bits per heavy atom. The molecule has 0 aliphatic rings. The third-order valence-corrected chi connectivity index (χ3v) is 3.24. The molecule has 1 aromatic heterocycles. The van der Waals surface area contributed by atoms with Crippen LogP contribution in [0.25, 0.3) is 0 Å². The highest BCUT2D eigenvalue weighted by atomic mass is 15.0. The fraction of sp³-hybridized carbons (Fsp3) is 0.267. The van der Waals surface area contributed by atoms with Gasteiger partial charge in [-0.25, -0.2) is 0 Å². The summed E-state index contributed by atoms with van der Waals surface area (Å²) in [6.07, 6.45) is 0. The van der Waals surface area contributed by atoms with E-state index in [1.54, 1.807) is 0 Å². The van der Waals surface area contributed by atoms with E-state index in [-0.39, 0.29) is 0 Å². The van der Waals surface area contributed by atoms with Gasteiger partial charge in [-0.15, -0.1) is 0 Å². The molecule has 0 aliphatic heterocycles. The van der Waals surface area contributed by atoms with Crippen molar-refractivity contribution in [3.8, 4) is 6.07 Å². The molecule has 0 radical (unpaired) electrons. The molecule has 0 unspecified atom stereocenters. The average molecular weight is 239 g/mol. The maximum Gasteiger partial charge on any atom is 0.120 e. The molecule has 92 valence electrons. The molecule has 1 N–H and O–H groups in total. The van der Waals surface area contributed by atoms with E-state index in [2.05, 4.69) is 23.5 Å². The molecular weight excluding hydrogens is 222 g/mol. The van der Waals surface area contributed by atoms with Crippen LogP contribution < -0.4 is 5.32 Å². The summed E-state index contributed by atoms with van der Waals surface area (Å²) < 4.78 is 1.93. The minimum atomic E-state index is 0.712. The van der Waals surface area contributed by atoms with Gasteiger partial charge in [0.15, 0.2) is 0 Å². The van der Waals surface area contributed by atoms with Crippen molar-refractivity contribution in [2.45, 2.75) is 20.0 Å². The molecule has 18 heavy (non-hydrogen) atoms. The van der Waals surface area contributed by atoms with Crippen molar-refractivity contribution >= 4 is 0 Å². The first-order valence-electron chi connectivity index (χ1n) is 6.02. The number of nitrogens with zero attached hydrogens (tertiary/aromatic N) is 2. The monoisotopic (exact) mass is 239 g/mol. The number of hydrogen-bond donors (Lipinski definition) is 1. The molecule has 0 spiro atoms. The molecule has 0 fully saturated rings. The van der Waals surface area contributed by atoms with Crippen molar-refractivity contribution in [3.05, 3.63) is 58.9 Å². The Bertz CT molecular complexity index is 561. The molecule has 0 saturated heterocycles. The molecule has 1 heterocycles. The van der Waals surface area contributed by atoms with Gasteiger partial charge in [0.25, 0.3) is 0 Å². The normalized spacial score (nSPS) is 10.3. The molecule has 3 nitrogen and oxygen atoms in total. The lowest BCUT2D eigenvalue weighted by molar-refractivity contribution is 0.687. The number of hydrogen-bond acceptors (Lipinski definition) is 2. The van der Waals surface area contributed by atoms with Crippen LogP contribution in [0.2, 0.25) is 0 Å². The quantitative estimate of drug-likeness (QED) is 0.890. The first-order chi connectivity index (χ1) is 8.72. The van der Waals surface area contributed by atoms with Gasteiger partial charge >= 0.3 is 0 Å². The summed E-state index contributed by atoms with van der Waals surface area (Å²) >= 11 is 0. The van der Waals surface area contributed by atoms with Gasteiger partial charge in [0.05, 0.1) is 0 Å². The van der Waals surface area contributed by atoms with Crippen LogP contribution in [-0.2, 0) is 20.1 Å². The average Bonchev–Trinajstić information content (AvgIpc) is 2.68. The van der Waals surface area contributed by atoms with Gasteiger partial charge in [-0.3, -0.25) is 0 Å². The van der Waals surface area contributed by atoms with Crippen molar-refractivity contribution in [3.63, 3.8) is 0 Å². The van der Waals surface area contributed by atoms with Crippen LogP contribution in [-0.4, -0.2) is 4.57 Å². The maximum atomic E-state index is 8.97. The Kier molecular flexibility index (Phi) is 3.81. The number of nitriles is 1. The topological polar surface area (TPSA) is 40.8 Å². The molecule has 2 rings (SSSR count). The second-order valence-electron chi connectivity index (χ2n) is 4.40. The molecular formula is C15H17N3. The first kappa shape index (κ1) is 12.4. The molecule has 3 heteroatoms. The van der Waals surface area contributed by atoms with Gasteiger partial charge in [-0.1, -0.05) is 30.3 Å². The molecule has 0 amide bonds. The lowest BCUT2D eigenvalue weighted by atomic mass is 10.2. The first-order valence-corrected chi connectivity index (χ1v) is 6.02. The summed E-state index contributed by atoms with van der Waals surface area (Å²) in [5.74, 6) is 0. The van der Waals surface area contributed by atoms with Gasteiger partial charge in [0, 0.05) is 25.8 Å². The zero-order valence-electron chi connectivity index (χ0n) is 10.8. The number of nitrogens with one attached hydrogen (secondary N) is 1. The highest BCUT2D eigenvalue weighted by Gasteiger charge is 2.07. The molecule has 0 bridgehead atoms. The third kappa shape index (κ3) is 2.61. The SMILES string of the molecule is Cc1c(CNCc2ccccc2)cc(C#N)n1C. The predicted molar refractivity (Wildman–Crippen MR) is 71.9 cm³/mol. The van der Waals surface area contributed by atoms with Crippen molar-refractivity contribution in [1.29, 1.82) is 5.26 Å². The molecule has 0 aliphatic carbocycles. The van der Waals surface area contributed by atoms with Crippen molar-refractivity contribution in [1.82, 2.24) is 9.88 Å². The Hall–Kier alpha value is -2.05. The Morgan fingerprint density at radius 2 is 1.94 bits per heavy atom. The number of aromatic nitrogens is 1. The Labute approximate surface area is 108 Å². The fourth-order valence-electron chi connectivity index (χ4n) is 1.99. The third-order valence-electron chi connectivity index (χ3n) is 3.24. The van der Waals surface area contributed by atoms with Gasteiger partial charge in [-0.2, -0.15) is 5.26 Å². The van der Waals surface area contributed by atoms with Crippen LogP contribution in [0.3, 0.4) is 0 Å². The van der Waals surface area contributed by atoms with Gasteiger partial charge in [-0.05, 0) is 24.1 Å². The second kappa shape index (κ2) is 5.52. The molecule has 1 aromatic carbocycles. The van der Waals surface area contributed by atoms with E-state index in [4.69, 9.17) is 5.26 Å². The number of benzene rings is 1. The van der Waals surface area contributed by atoms with E-state index in [0.29, 0.717) is 5.69 Å². The largest absolute Gasteiger partial charge is 0.340 e. The van der Waals surface area contributed by atoms with E-state index in [9.17, 15) is 0 Å². The zero-order chi connectivity index (χ0) is 13.0. The van der Waals surface area contributed by atoms with E-state index in [0.717, 1.165) is 18.8 Å². The lowest BCUT2D eigenvalue weighted by Crippen LogP contribution is -2.13. The molecule has 2 aromatic rings. The van der Waals surface area contributed by atoms with Gasteiger partial charge in [0.2, 0.25) is 0 Å². The van der Waals surface area contributed by atoms with Crippen LogP contribution in [0.5, 0.6) is 0 Å². The summed E-state index contributed by atoms with van der Waals surface area (Å²) in [6.45, 7) is 3.67. The Morgan fingerprint density at radius 1 is 1.22 bits per heavy atom. The summed E-state index contributed by atoms with van der Waals surface area (Å²) in [5.41, 5.74) is 4.31. The predicted octanol–water partition coefficient (Wildman–Crippen LogP) is 2.50. The van der Waals surface area contributed by atoms with Crippen LogP contribution in [0.1, 0.15) is 22.5 Å². The summed E-state index contributed by atoms with van der Waals surface area (Å²) in [4.78, 5) is 0. The van der Waals surface area contributed by atoms with Crippen molar-refractivity contribution in [2.24, 2.45) is 7.05 Å². The minimum Gasteiger partial charge on any atom is -0.340 e. The van der Waals surface area contributed by atoms with Crippen LogP contribution in [0.15, 0.2) is 36.4 Å². The number of rotatable bonds is 4. The summed E-state index contributed by atoms with van der Waals surface area (Å²) in [5, 5.41) is 12.4. The van der Waals surface area contributed by atoms with E-state index in [1.807, 2.05) is 42.8 Å². The van der Waals surface area contributed by atoms with Crippen molar-refractivity contribution in [2.75, 3.05) is 0 Å². The van der Waals surface area contributed by atoms with E-state index >= 15 is 0 Å². The van der Waals surface area contributed by atoms with E-state index in [1.165, 1.54) is 11.1 Å². The minimum absolute atomic E-state index is 0.712. The summed E-state index contributed by atoms with van der Waals surface area (Å²) in [7, 11) is 1.93. The second-order valence-corrected chi connectivity index (χ2v) is 4.40. The Balaban J connectivity index is 1.97. The maximum absolute atomic E-state index is 8.97. The van der Waals surface area contributed by atoms with Gasteiger partial charge < -0.3 is 9.88 Å². The highest BCUT2D eigenvalue weighted by molar-refractivity contribution is 5.34. The van der Waals surface area contributed by atoms with Gasteiger partial charge in [0.1, 0.15) is 11.8 Å². The van der Waals surface area contributed by atoms with Crippen LogP contribution >= 0.6 is 0 Å². The smallest absolute Gasteiger partial charge is 0.120 e. The molecule has 0 saturated carbocycles. The standard InChI is InChI=1S/C15H17N3/c1-12-14(8-15(9-16)18(12)2)11-17-10-13-6-4-3-5-7-13/h3-8,17H,10-11H2,1-2H3. The van der Waals surface area contributed by atoms with Crippen LogP contribution in [0.4, 0.5) is 0 Å². The van der Waals surface area contributed by atoms with E-state index < -0.39 is 0 Å². The lowest BCUT2D eigenvalue weighted by Gasteiger charge is -2.05. The van der Waals surface area contributed by atoms with Crippen molar-refractivity contribution < 1.29 is 0 Å². The zero-order valence-corrected chi connectivity index (χ0v) is 10.8.